The van der Waals surface area contributed by atoms with Crippen LogP contribution in [0.4, 0.5) is 0 Å². The number of hydrogen-bond donors (Lipinski definition) is 3. The quantitative estimate of drug-likeness (QED) is 0.306. The molecule has 2 heterocycles. The molecule has 1 amide bonds. The first kappa shape index (κ1) is 26.7. The molecule has 1 saturated heterocycles. The molecule has 1 atom stereocenters. The van der Waals surface area contributed by atoms with E-state index in [1.165, 1.54) is 0 Å². The Bertz CT molecular complexity index is 1610. The summed E-state index contributed by atoms with van der Waals surface area (Å²) in [5.41, 5.74) is 5.17. The molecular weight excluding hydrogens is 520 g/mol. The molecule has 1 unspecified atom stereocenters. The molecule has 7 nitrogen and oxygen atoms in total. The van der Waals surface area contributed by atoms with Crippen LogP contribution < -0.4 is 10.0 Å². The lowest BCUT2D eigenvalue weighted by molar-refractivity contribution is -0.140. The maximum absolute atomic E-state index is 13.6. The third kappa shape index (κ3) is 5.44. The van der Waals surface area contributed by atoms with Crippen LogP contribution in [0.5, 0.6) is 0 Å². The number of H-pyrrole nitrogens is 1. The van der Waals surface area contributed by atoms with Crippen LogP contribution in [0.2, 0.25) is 0 Å². The Morgan fingerprint density at radius 2 is 1.68 bits per heavy atom. The van der Waals surface area contributed by atoms with E-state index in [0.717, 1.165) is 46.4 Å². The van der Waals surface area contributed by atoms with Crippen molar-refractivity contribution in [2.75, 3.05) is 19.6 Å². The van der Waals surface area contributed by atoms with Crippen molar-refractivity contribution in [2.45, 2.75) is 49.6 Å². The highest BCUT2D eigenvalue weighted by Gasteiger charge is 2.35. The van der Waals surface area contributed by atoms with Crippen LogP contribution >= 0.6 is 0 Å². The second-order valence-electron chi connectivity index (χ2n) is 11.1. The van der Waals surface area contributed by atoms with E-state index < -0.39 is 10.0 Å². The SMILES string of the molecule is Cc1ccccc1-c1cc2ccc(S(=O)(=O)NC3CCC(C(=O)N4CCNCC4c4ccccc4)CC3)cc2[nH]1. The topological polar surface area (TPSA) is 94.3 Å². The van der Waals surface area contributed by atoms with Crippen molar-refractivity contribution < 1.29 is 13.2 Å². The van der Waals surface area contributed by atoms with Crippen molar-refractivity contribution in [1.29, 1.82) is 0 Å². The van der Waals surface area contributed by atoms with Crippen molar-refractivity contribution in [2.24, 2.45) is 5.92 Å². The highest BCUT2D eigenvalue weighted by Crippen LogP contribution is 2.32. The van der Waals surface area contributed by atoms with Gasteiger partial charge in [0.15, 0.2) is 0 Å². The fourth-order valence-electron chi connectivity index (χ4n) is 6.21. The van der Waals surface area contributed by atoms with Crippen molar-refractivity contribution in [1.82, 2.24) is 19.9 Å². The van der Waals surface area contributed by atoms with Gasteiger partial charge in [0.2, 0.25) is 15.9 Å². The molecule has 2 aliphatic rings. The molecule has 2 fully saturated rings. The number of aryl methyl sites for hydroxylation is 1. The monoisotopic (exact) mass is 556 g/mol. The average molecular weight is 557 g/mol. The van der Waals surface area contributed by atoms with Crippen LogP contribution in [0.25, 0.3) is 22.2 Å². The first-order chi connectivity index (χ1) is 19.4. The molecular formula is C32H36N4O3S. The minimum atomic E-state index is -3.69. The lowest BCUT2D eigenvalue weighted by Gasteiger charge is -2.40. The van der Waals surface area contributed by atoms with Gasteiger partial charge < -0.3 is 15.2 Å². The van der Waals surface area contributed by atoms with Gasteiger partial charge in [-0.15, -0.1) is 0 Å². The summed E-state index contributed by atoms with van der Waals surface area (Å²) in [6, 6.07) is 25.5. The third-order valence-electron chi connectivity index (χ3n) is 8.45. The Kier molecular flexibility index (Phi) is 7.49. The number of aromatic amines is 1. The van der Waals surface area contributed by atoms with Crippen LogP contribution in [0.15, 0.2) is 83.8 Å². The lowest BCUT2D eigenvalue weighted by Crippen LogP contribution is -2.51. The van der Waals surface area contributed by atoms with Gasteiger partial charge in [0.25, 0.3) is 0 Å². The van der Waals surface area contributed by atoms with Gasteiger partial charge in [-0.2, -0.15) is 0 Å². The van der Waals surface area contributed by atoms with E-state index in [1.807, 2.05) is 41.3 Å². The molecule has 1 aliphatic heterocycles. The summed E-state index contributed by atoms with van der Waals surface area (Å²) in [5, 5.41) is 4.39. The second-order valence-corrected chi connectivity index (χ2v) is 12.8. The Labute approximate surface area is 236 Å². The lowest BCUT2D eigenvalue weighted by atomic mass is 9.85. The van der Waals surface area contributed by atoms with E-state index in [9.17, 15) is 13.2 Å². The van der Waals surface area contributed by atoms with Crippen LogP contribution in [0, 0.1) is 12.8 Å². The third-order valence-corrected chi connectivity index (χ3v) is 9.97. The smallest absolute Gasteiger partial charge is 0.240 e. The van der Waals surface area contributed by atoms with Gasteiger partial charge in [0, 0.05) is 53.8 Å². The first-order valence-corrected chi connectivity index (χ1v) is 15.6. The van der Waals surface area contributed by atoms with E-state index in [-0.39, 0.29) is 28.8 Å². The van der Waals surface area contributed by atoms with Crippen molar-refractivity contribution in [3.63, 3.8) is 0 Å². The van der Waals surface area contributed by atoms with Crippen molar-refractivity contribution in [3.8, 4) is 11.3 Å². The predicted octanol–water partition coefficient (Wildman–Crippen LogP) is 5.15. The minimum Gasteiger partial charge on any atom is -0.354 e. The summed E-state index contributed by atoms with van der Waals surface area (Å²) >= 11 is 0. The van der Waals surface area contributed by atoms with Crippen molar-refractivity contribution in [3.05, 3.63) is 90.0 Å². The highest BCUT2D eigenvalue weighted by molar-refractivity contribution is 7.89. The fourth-order valence-corrected chi connectivity index (χ4v) is 7.55. The van der Waals surface area contributed by atoms with E-state index in [4.69, 9.17) is 0 Å². The Morgan fingerprint density at radius 3 is 2.45 bits per heavy atom. The standard InChI is InChI=1S/C32H36N4O3S/c1-22-7-5-6-10-28(22)30-19-25-13-16-27(20-29(25)34-30)40(38,39)35-26-14-11-24(12-15-26)32(37)36-18-17-33-21-31(36)23-8-3-2-4-9-23/h2-10,13,16,19-20,24,26,31,33-35H,11-12,14-15,17-18,21H2,1H3. The fraction of sp³-hybridized carbons (Fsp3) is 0.344. The number of fused-ring (bicyclic) bond motifs is 1. The zero-order valence-electron chi connectivity index (χ0n) is 22.8. The number of nitrogens with one attached hydrogen (secondary N) is 3. The molecule has 3 N–H and O–H groups in total. The number of piperazine rings is 1. The van der Waals surface area contributed by atoms with E-state index in [2.05, 4.69) is 52.3 Å². The van der Waals surface area contributed by atoms with Crippen LogP contribution in [0.3, 0.4) is 0 Å². The highest BCUT2D eigenvalue weighted by atomic mass is 32.2. The summed E-state index contributed by atoms with van der Waals surface area (Å²) in [7, 11) is -3.69. The van der Waals surface area contributed by atoms with Crippen LogP contribution in [-0.4, -0.2) is 49.9 Å². The number of carbonyl (C=O) groups is 1. The molecule has 1 aliphatic carbocycles. The van der Waals surface area contributed by atoms with Gasteiger partial charge in [-0.25, -0.2) is 13.1 Å². The maximum Gasteiger partial charge on any atom is 0.240 e. The van der Waals surface area contributed by atoms with Gasteiger partial charge in [0.05, 0.1) is 10.9 Å². The Morgan fingerprint density at radius 1 is 0.925 bits per heavy atom. The second kappa shape index (κ2) is 11.2. The number of sulfonamides is 1. The van der Waals surface area contributed by atoms with Gasteiger partial charge in [-0.1, -0.05) is 60.7 Å². The van der Waals surface area contributed by atoms with Crippen LogP contribution in [-0.2, 0) is 14.8 Å². The summed E-state index contributed by atoms with van der Waals surface area (Å²) in [4.78, 5) is 19.2. The van der Waals surface area contributed by atoms with E-state index in [1.54, 1.807) is 12.1 Å². The molecule has 0 radical (unpaired) electrons. The summed E-state index contributed by atoms with van der Waals surface area (Å²) < 4.78 is 29.6. The van der Waals surface area contributed by atoms with E-state index in [0.29, 0.717) is 32.2 Å². The van der Waals surface area contributed by atoms with Crippen molar-refractivity contribution >= 4 is 26.8 Å². The summed E-state index contributed by atoms with van der Waals surface area (Å²) in [5.74, 6) is 0.124. The molecule has 208 valence electrons. The molecule has 0 bridgehead atoms. The van der Waals surface area contributed by atoms with Gasteiger partial charge in [0.1, 0.15) is 0 Å². The number of rotatable bonds is 6. The summed E-state index contributed by atoms with van der Waals surface area (Å²) in [6.07, 6.45) is 2.68. The predicted molar refractivity (Wildman–Crippen MR) is 158 cm³/mol. The number of amides is 1. The largest absolute Gasteiger partial charge is 0.354 e. The molecule has 1 aromatic heterocycles. The Balaban J connectivity index is 1.11. The molecule has 6 rings (SSSR count). The zero-order chi connectivity index (χ0) is 27.7. The molecule has 1 saturated carbocycles. The Hall–Kier alpha value is -3.46. The molecule has 4 aromatic rings. The average Bonchev–Trinajstić information content (AvgIpc) is 3.41. The molecule has 8 heteroatoms. The van der Waals surface area contributed by atoms with E-state index >= 15 is 0 Å². The number of nitrogens with zero attached hydrogens (tertiary/aromatic N) is 1. The zero-order valence-corrected chi connectivity index (χ0v) is 23.6. The number of carbonyl (C=O) groups excluding carboxylic acids is 1. The number of hydrogen-bond acceptors (Lipinski definition) is 4. The summed E-state index contributed by atoms with van der Waals surface area (Å²) in [6.45, 7) is 4.30. The molecule has 40 heavy (non-hydrogen) atoms. The normalized spacial score (nSPS) is 21.9. The van der Waals surface area contributed by atoms with Gasteiger partial charge >= 0.3 is 0 Å². The first-order valence-electron chi connectivity index (χ1n) is 14.2. The minimum absolute atomic E-state index is 0.0351. The molecule has 0 spiro atoms. The van der Waals surface area contributed by atoms with Crippen LogP contribution in [0.1, 0.15) is 42.9 Å². The molecule has 3 aromatic carbocycles. The number of benzene rings is 3. The van der Waals surface area contributed by atoms with Gasteiger partial charge in [-0.3, -0.25) is 4.79 Å². The number of aromatic nitrogens is 1. The maximum atomic E-state index is 13.6. The van der Waals surface area contributed by atoms with Gasteiger partial charge in [-0.05, 0) is 61.9 Å².